The van der Waals surface area contributed by atoms with Crippen LogP contribution in [0, 0.1) is 10.1 Å². The molecule has 1 aromatic carbocycles. The minimum Gasteiger partial charge on any atom is -0.461 e. The summed E-state index contributed by atoms with van der Waals surface area (Å²) in [5.41, 5.74) is 0.224. The van der Waals surface area contributed by atoms with Gasteiger partial charge in [-0.25, -0.2) is 14.6 Å². The van der Waals surface area contributed by atoms with E-state index in [0.29, 0.717) is 17.9 Å². The number of nitrogens with one attached hydrogen (secondary N) is 1. The lowest BCUT2D eigenvalue weighted by atomic mass is 10.1. The van der Waals surface area contributed by atoms with Gasteiger partial charge in [-0.05, 0) is 31.4 Å². The van der Waals surface area contributed by atoms with Crippen molar-refractivity contribution in [2.75, 3.05) is 18.6 Å². The van der Waals surface area contributed by atoms with Gasteiger partial charge in [-0.1, -0.05) is 6.07 Å². The van der Waals surface area contributed by atoms with Crippen LogP contribution in [0.3, 0.4) is 0 Å². The smallest absolute Gasteiger partial charge is 0.367 e. The Balaban J connectivity index is 2.01. The summed E-state index contributed by atoms with van der Waals surface area (Å²) in [6.45, 7) is 1.74. The highest BCUT2D eigenvalue weighted by atomic mass is 32.2. The second kappa shape index (κ2) is 12.0. The van der Waals surface area contributed by atoms with Gasteiger partial charge in [-0.3, -0.25) is 14.9 Å². The molecule has 166 valence electrons. The number of non-ortho nitro benzene ring substituents is 1. The van der Waals surface area contributed by atoms with Crippen LogP contribution in [0.2, 0.25) is 0 Å². The zero-order valence-electron chi connectivity index (χ0n) is 16.9. The maximum atomic E-state index is 12.5. The minimum atomic E-state index is -0.942. The van der Waals surface area contributed by atoms with Crippen molar-refractivity contribution in [3.63, 3.8) is 0 Å². The number of nitro groups is 1. The number of aromatic nitrogens is 1. The average Bonchev–Trinajstić information content (AvgIpc) is 3.24. The monoisotopic (exact) mass is 467 g/mol. The number of benzene rings is 1. The molecule has 0 aliphatic rings. The lowest BCUT2D eigenvalue weighted by Gasteiger charge is -2.17. The highest BCUT2D eigenvalue weighted by Crippen LogP contribution is 2.15. The Morgan fingerprint density at radius 1 is 1.32 bits per heavy atom. The number of thioether (sulfide) groups is 1. The largest absolute Gasteiger partial charge is 0.461 e. The molecule has 0 saturated heterocycles. The van der Waals surface area contributed by atoms with E-state index in [1.807, 2.05) is 6.26 Å². The first-order valence-electron chi connectivity index (χ1n) is 9.18. The molecule has 31 heavy (non-hydrogen) atoms. The molecule has 2 aromatic rings. The highest BCUT2D eigenvalue weighted by Gasteiger charge is 2.24. The van der Waals surface area contributed by atoms with Crippen LogP contribution in [0.1, 0.15) is 39.2 Å². The molecule has 0 aliphatic carbocycles. The zero-order valence-corrected chi connectivity index (χ0v) is 18.5. The Kier molecular flexibility index (Phi) is 9.40. The Bertz CT molecular complexity index is 948. The normalized spacial score (nSPS) is 11.4. The molecule has 1 N–H and O–H groups in total. The molecular formula is C19H21N3O7S2. The van der Waals surface area contributed by atoms with Gasteiger partial charge in [0, 0.05) is 23.1 Å². The fourth-order valence-electron chi connectivity index (χ4n) is 2.39. The summed E-state index contributed by atoms with van der Waals surface area (Å²) in [5.74, 6) is -1.26. The van der Waals surface area contributed by atoms with E-state index in [9.17, 15) is 24.5 Å². The molecule has 1 heterocycles. The number of esters is 2. The Hall–Kier alpha value is -2.99. The van der Waals surface area contributed by atoms with Crippen molar-refractivity contribution >= 4 is 46.6 Å². The standard InChI is InChI=1S/C19H21N3O7S2/c1-3-28-19(25)17-20-13(11-31-17)10-29-18(24)15(7-8-30-2)21-16(23)12-5-4-6-14(9-12)22(26)27/h4-6,9,11,15H,3,7-8,10H2,1-2H3,(H,21,23). The summed E-state index contributed by atoms with van der Waals surface area (Å²) in [4.78, 5) is 51.1. The second-order valence-electron chi connectivity index (χ2n) is 6.09. The topological polar surface area (TPSA) is 138 Å². The Labute approximate surface area is 186 Å². The molecule has 0 spiro atoms. The van der Waals surface area contributed by atoms with E-state index in [1.54, 1.807) is 12.3 Å². The van der Waals surface area contributed by atoms with E-state index < -0.39 is 28.8 Å². The van der Waals surface area contributed by atoms with Crippen molar-refractivity contribution in [3.05, 3.63) is 56.0 Å². The summed E-state index contributed by atoms with van der Waals surface area (Å²) >= 11 is 2.57. The first kappa shape index (κ1) is 24.3. The van der Waals surface area contributed by atoms with E-state index >= 15 is 0 Å². The number of amides is 1. The first-order chi connectivity index (χ1) is 14.8. The molecule has 1 amide bonds. The first-order valence-corrected chi connectivity index (χ1v) is 11.5. The van der Waals surface area contributed by atoms with Crippen LogP contribution in [0.25, 0.3) is 0 Å². The van der Waals surface area contributed by atoms with Crippen molar-refractivity contribution in [3.8, 4) is 0 Å². The van der Waals surface area contributed by atoms with Crippen LogP contribution in [-0.4, -0.2) is 52.4 Å². The van der Waals surface area contributed by atoms with Crippen LogP contribution >= 0.6 is 23.1 Å². The summed E-state index contributed by atoms with van der Waals surface area (Å²) in [5, 5.41) is 15.2. The van der Waals surface area contributed by atoms with E-state index in [2.05, 4.69) is 10.3 Å². The lowest BCUT2D eigenvalue weighted by Crippen LogP contribution is -2.42. The summed E-state index contributed by atoms with van der Waals surface area (Å²) in [6.07, 6.45) is 2.17. The van der Waals surface area contributed by atoms with Crippen LogP contribution in [0.15, 0.2) is 29.6 Å². The molecule has 0 radical (unpaired) electrons. The predicted octanol–water partition coefficient (Wildman–Crippen LogP) is 2.82. The fourth-order valence-corrected chi connectivity index (χ4v) is 3.56. The van der Waals surface area contributed by atoms with Gasteiger partial charge in [-0.15, -0.1) is 11.3 Å². The number of thiazole rings is 1. The van der Waals surface area contributed by atoms with Crippen molar-refractivity contribution < 1.29 is 28.8 Å². The Morgan fingerprint density at radius 3 is 2.77 bits per heavy atom. The van der Waals surface area contributed by atoms with E-state index in [0.717, 1.165) is 17.4 Å². The number of hydrogen-bond acceptors (Lipinski definition) is 10. The van der Waals surface area contributed by atoms with Crippen molar-refractivity contribution in [1.29, 1.82) is 0 Å². The third-order valence-corrected chi connectivity index (χ3v) is 5.40. The number of carbonyl (C=O) groups excluding carboxylic acids is 3. The predicted molar refractivity (Wildman–Crippen MR) is 115 cm³/mol. The third kappa shape index (κ3) is 7.33. The summed E-state index contributed by atoms with van der Waals surface area (Å²) in [7, 11) is 0. The number of carbonyl (C=O) groups is 3. The average molecular weight is 468 g/mol. The van der Waals surface area contributed by atoms with E-state index in [4.69, 9.17) is 9.47 Å². The van der Waals surface area contributed by atoms with Gasteiger partial charge in [0.05, 0.1) is 17.2 Å². The summed E-state index contributed by atoms with van der Waals surface area (Å²) in [6, 6.07) is 4.28. The molecule has 1 atom stereocenters. The zero-order chi connectivity index (χ0) is 22.8. The van der Waals surface area contributed by atoms with Gasteiger partial charge in [0.15, 0.2) is 0 Å². The van der Waals surface area contributed by atoms with Gasteiger partial charge in [0.1, 0.15) is 12.6 Å². The van der Waals surface area contributed by atoms with Crippen molar-refractivity contribution in [1.82, 2.24) is 10.3 Å². The lowest BCUT2D eigenvalue weighted by molar-refractivity contribution is -0.384. The van der Waals surface area contributed by atoms with Crippen LogP contribution in [0.4, 0.5) is 5.69 Å². The second-order valence-corrected chi connectivity index (χ2v) is 7.93. The molecule has 0 saturated carbocycles. The molecule has 10 nitrogen and oxygen atoms in total. The number of nitrogens with zero attached hydrogens (tertiary/aromatic N) is 2. The van der Waals surface area contributed by atoms with Gasteiger partial charge >= 0.3 is 11.9 Å². The molecule has 1 aromatic heterocycles. The molecule has 12 heteroatoms. The minimum absolute atomic E-state index is 0.0646. The van der Waals surface area contributed by atoms with Crippen molar-refractivity contribution in [2.45, 2.75) is 26.0 Å². The molecule has 0 fully saturated rings. The summed E-state index contributed by atoms with van der Waals surface area (Å²) < 4.78 is 10.1. The number of nitro benzene ring substituents is 1. The maximum absolute atomic E-state index is 12.5. The molecule has 1 unspecified atom stereocenters. The number of hydrogen-bond donors (Lipinski definition) is 1. The van der Waals surface area contributed by atoms with Crippen molar-refractivity contribution in [2.24, 2.45) is 0 Å². The Morgan fingerprint density at radius 2 is 2.10 bits per heavy atom. The third-order valence-electron chi connectivity index (χ3n) is 3.88. The van der Waals surface area contributed by atoms with E-state index in [-0.39, 0.29) is 29.5 Å². The molecule has 2 rings (SSSR count). The highest BCUT2D eigenvalue weighted by molar-refractivity contribution is 7.98. The molecular weight excluding hydrogens is 446 g/mol. The van der Waals surface area contributed by atoms with Gasteiger partial charge in [0.25, 0.3) is 11.6 Å². The molecule has 0 aliphatic heterocycles. The SMILES string of the molecule is CCOC(=O)c1nc(COC(=O)C(CCSC)NC(=O)c2cccc([N+](=O)[O-])c2)cs1. The number of ether oxygens (including phenoxy) is 2. The fraction of sp³-hybridized carbons (Fsp3) is 0.368. The quantitative estimate of drug-likeness (QED) is 0.300. The number of rotatable bonds is 11. The van der Waals surface area contributed by atoms with Crippen LogP contribution in [0.5, 0.6) is 0 Å². The van der Waals surface area contributed by atoms with E-state index in [1.165, 1.54) is 30.0 Å². The van der Waals surface area contributed by atoms with Crippen LogP contribution in [-0.2, 0) is 20.9 Å². The van der Waals surface area contributed by atoms with Gasteiger partial charge in [-0.2, -0.15) is 11.8 Å². The van der Waals surface area contributed by atoms with Gasteiger partial charge in [0.2, 0.25) is 5.01 Å². The van der Waals surface area contributed by atoms with Crippen LogP contribution < -0.4 is 5.32 Å². The maximum Gasteiger partial charge on any atom is 0.367 e. The molecule has 0 bridgehead atoms. The van der Waals surface area contributed by atoms with Gasteiger partial charge < -0.3 is 14.8 Å².